The second-order valence-corrected chi connectivity index (χ2v) is 2.71. The summed E-state index contributed by atoms with van der Waals surface area (Å²) in [5.74, 6) is 0.530. The van der Waals surface area contributed by atoms with Gasteiger partial charge in [0.15, 0.2) is 0 Å². The van der Waals surface area contributed by atoms with E-state index in [9.17, 15) is 10.1 Å². The lowest BCUT2D eigenvalue weighted by Gasteiger charge is -2.03. The Hall–Kier alpha value is -1.69. The number of nitrogens with zero attached hydrogens (tertiary/aromatic N) is 2. The minimum absolute atomic E-state index is 0.000418. The molecule has 0 fully saturated rings. The Bertz CT molecular complexity index is 341. The second kappa shape index (κ2) is 4.52. The van der Waals surface area contributed by atoms with Crippen molar-refractivity contribution in [1.29, 1.82) is 0 Å². The molecule has 6 heteroatoms. The minimum atomic E-state index is -0.474. The number of anilines is 1. The zero-order valence-electron chi connectivity index (χ0n) is 7.73. The third kappa shape index (κ3) is 2.40. The van der Waals surface area contributed by atoms with Crippen molar-refractivity contribution in [2.45, 2.75) is 6.92 Å². The van der Waals surface area contributed by atoms with Crippen LogP contribution in [0.15, 0.2) is 12.1 Å². The number of nitro groups is 1. The molecule has 1 aromatic rings. The lowest BCUT2D eigenvalue weighted by Crippen LogP contribution is -2.07. The van der Waals surface area contributed by atoms with Crippen molar-refractivity contribution in [3.05, 3.63) is 27.9 Å². The summed E-state index contributed by atoms with van der Waals surface area (Å²) in [7, 11) is 0. The van der Waals surface area contributed by atoms with Gasteiger partial charge >= 0.3 is 0 Å². The van der Waals surface area contributed by atoms with Crippen molar-refractivity contribution in [3.8, 4) is 0 Å². The number of pyridine rings is 1. The Morgan fingerprint density at radius 1 is 1.64 bits per heavy atom. The molecule has 0 spiro atoms. The fraction of sp³-hybridized carbons (Fsp3) is 0.375. The predicted molar refractivity (Wildman–Crippen MR) is 51.2 cm³/mol. The molecule has 1 rings (SSSR count). The highest BCUT2D eigenvalue weighted by Gasteiger charge is 2.10. The van der Waals surface area contributed by atoms with E-state index in [2.05, 4.69) is 10.3 Å². The molecule has 6 nitrogen and oxygen atoms in total. The van der Waals surface area contributed by atoms with Gasteiger partial charge in [0.2, 0.25) is 0 Å². The standard InChI is InChI=1S/C8H11N3O3/c1-6-7(11(13)14)2-3-8(10-6)9-4-5-12/h2-3,12H,4-5H2,1H3,(H,9,10). The van der Waals surface area contributed by atoms with E-state index in [1.165, 1.54) is 12.1 Å². The monoisotopic (exact) mass is 197 g/mol. The number of aliphatic hydroxyl groups excluding tert-OH is 1. The number of aryl methyl sites for hydroxylation is 1. The van der Waals surface area contributed by atoms with Gasteiger partial charge in [0.25, 0.3) is 5.69 Å². The van der Waals surface area contributed by atoms with Crippen LogP contribution in [0.2, 0.25) is 0 Å². The number of aliphatic hydroxyl groups is 1. The summed E-state index contributed by atoms with van der Waals surface area (Å²) in [6, 6.07) is 2.91. The zero-order chi connectivity index (χ0) is 10.6. The second-order valence-electron chi connectivity index (χ2n) is 2.71. The molecular formula is C8H11N3O3. The van der Waals surface area contributed by atoms with E-state index >= 15 is 0 Å². The van der Waals surface area contributed by atoms with Crippen LogP contribution < -0.4 is 5.32 Å². The molecule has 0 amide bonds. The van der Waals surface area contributed by atoms with Gasteiger partial charge in [-0.1, -0.05) is 0 Å². The first-order valence-corrected chi connectivity index (χ1v) is 4.12. The van der Waals surface area contributed by atoms with E-state index in [-0.39, 0.29) is 12.3 Å². The van der Waals surface area contributed by atoms with Crippen molar-refractivity contribution in [3.63, 3.8) is 0 Å². The molecule has 14 heavy (non-hydrogen) atoms. The van der Waals surface area contributed by atoms with Gasteiger partial charge in [0, 0.05) is 12.6 Å². The van der Waals surface area contributed by atoms with Gasteiger partial charge in [-0.05, 0) is 13.0 Å². The van der Waals surface area contributed by atoms with Crippen molar-refractivity contribution in [2.75, 3.05) is 18.5 Å². The fourth-order valence-corrected chi connectivity index (χ4v) is 1.03. The summed E-state index contributed by atoms with van der Waals surface area (Å²) in [6.07, 6.45) is 0. The van der Waals surface area contributed by atoms with Crippen LogP contribution in [0.25, 0.3) is 0 Å². The summed E-state index contributed by atoms with van der Waals surface area (Å²) in [5.41, 5.74) is 0.359. The van der Waals surface area contributed by atoms with E-state index in [0.29, 0.717) is 18.1 Å². The normalized spacial score (nSPS) is 9.86. The van der Waals surface area contributed by atoms with Gasteiger partial charge < -0.3 is 10.4 Å². The average molecular weight is 197 g/mol. The van der Waals surface area contributed by atoms with Crippen LogP contribution in [0.3, 0.4) is 0 Å². The van der Waals surface area contributed by atoms with Crippen LogP contribution in [-0.4, -0.2) is 28.2 Å². The summed E-state index contributed by atoms with van der Waals surface area (Å²) < 4.78 is 0. The largest absolute Gasteiger partial charge is 0.395 e. The van der Waals surface area contributed by atoms with Crippen molar-refractivity contribution >= 4 is 11.5 Å². The molecule has 0 saturated carbocycles. The maximum absolute atomic E-state index is 10.5. The third-order valence-electron chi connectivity index (χ3n) is 1.67. The first-order valence-electron chi connectivity index (χ1n) is 4.12. The predicted octanol–water partition coefficient (Wildman–Crippen LogP) is 0.702. The molecule has 0 aliphatic rings. The third-order valence-corrected chi connectivity index (χ3v) is 1.67. The molecule has 76 valence electrons. The lowest BCUT2D eigenvalue weighted by molar-refractivity contribution is -0.385. The lowest BCUT2D eigenvalue weighted by atomic mass is 10.3. The molecule has 2 N–H and O–H groups in total. The molecule has 0 aliphatic carbocycles. The molecule has 0 bridgehead atoms. The number of hydrogen-bond donors (Lipinski definition) is 2. The first kappa shape index (κ1) is 10.4. The maximum Gasteiger partial charge on any atom is 0.290 e. The van der Waals surface area contributed by atoms with E-state index in [1.807, 2.05) is 0 Å². The summed E-state index contributed by atoms with van der Waals surface area (Å²) in [4.78, 5) is 13.9. The molecule has 0 aromatic carbocycles. The highest BCUT2D eigenvalue weighted by Crippen LogP contribution is 2.17. The number of rotatable bonds is 4. The highest BCUT2D eigenvalue weighted by molar-refractivity contribution is 5.44. The van der Waals surface area contributed by atoms with Gasteiger partial charge in [0.05, 0.1) is 11.5 Å². The van der Waals surface area contributed by atoms with E-state index in [1.54, 1.807) is 6.92 Å². The van der Waals surface area contributed by atoms with Gasteiger partial charge in [-0.2, -0.15) is 0 Å². The van der Waals surface area contributed by atoms with E-state index in [0.717, 1.165) is 0 Å². The van der Waals surface area contributed by atoms with Crippen LogP contribution in [-0.2, 0) is 0 Å². The van der Waals surface area contributed by atoms with Gasteiger partial charge in [0.1, 0.15) is 11.5 Å². The summed E-state index contributed by atoms with van der Waals surface area (Å²) in [6.45, 7) is 1.95. The molecule has 0 atom stereocenters. The number of aromatic nitrogens is 1. The average Bonchev–Trinajstić information content (AvgIpc) is 2.14. The van der Waals surface area contributed by atoms with Crippen LogP contribution in [0.4, 0.5) is 11.5 Å². The van der Waals surface area contributed by atoms with Crippen LogP contribution in [0.1, 0.15) is 5.69 Å². The molecule has 0 aliphatic heterocycles. The van der Waals surface area contributed by atoms with Crippen LogP contribution >= 0.6 is 0 Å². The Labute approximate surface area is 80.7 Å². The molecule has 0 unspecified atom stereocenters. The molecule has 1 heterocycles. The van der Waals surface area contributed by atoms with Crippen LogP contribution in [0.5, 0.6) is 0 Å². The SMILES string of the molecule is Cc1nc(NCCO)ccc1[N+](=O)[O-]. The van der Waals surface area contributed by atoms with E-state index < -0.39 is 4.92 Å². The summed E-state index contributed by atoms with van der Waals surface area (Å²) >= 11 is 0. The van der Waals surface area contributed by atoms with Crippen molar-refractivity contribution < 1.29 is 10.0 Å². The number of hydrogen-bond acceptors (Lipinski definition) is 5. The summed E-state index contributed by atoms with van der Waals surface area (Å²) in [5, 5.41) is 21.8. The Balaban J connectivity index is 2.83. The van der Waals surface area contributed by atoms with E-state index in [4.69, 9.17) is 5.11 Å². The topological polar surface area (TPSA) is 88.3 Å². The Morgan fingerprint density at radius 3 is 2.86 bits per heavy atom. The van der Waals surface area contributed by atoms with Gasteiger partial charge in [-0.25, -0.2) is 4.98 Å². The van der Waals surface area contributed by atoms with Crippen molar-refractivity contribution in [1.82, 2.24) is 4.98 Å². The minimum Gasteiger partial charge on any atom is -0.395 e. The van der Waals surface area contributed by atoms with Crippen LogP contribution in [0, 0.1) is 17.0 Å². The fourth-order valence-electron chi connectivity index (χ4n) is 1.03. The smallest absolute Gasteiger partial charge is 0.290 e. The Morgan fingerprint density at radius 2 is 2.36 bits per heavy atom. The quantitative estimate of drug-likeness (QED) is 0.548. The zero-order valence-corrected chi connectivity index (χ0v) is 7.73. The molecule has 1 aromatic heterocycles. The van der Waals surface area contributed by atoms with Gasteiger partial charge in [-0.15, -0.1) is 0 Å². The molecular weight excluding hydrogens is 186 g/mol. The van der Waals surface area contributed by atoms with Crippen molar-refractivity contribution in [2.24, 2.45) is 0 Å². The highest BCUT2D eigenvalue weighted by atomic mass is 16.6. The Kier molecular flexibility index (Phi) is 3.35. The maximum atomic E-state index is 10.5. The number of nitrogens with one attached hydrogen (secondary N) is 1. The van der Waals surface area contributed by atoms with Gasteiger partial charge in [-0.3, -0.25) is 10.1 Å². The first-order chi connectivity index (χ1) is 6.65. The molecule has 0 saturated heterocycles. The molecule has 0 radical (unpaired) electrons.